The lowest BCUT2D eigenvalue weighted by Crippen LogP contribution is -2.09. The van der Waals surface area contributed by atoms with E-state index in [1.165, 1.54) is 24.5 Å². The average Bonchev–Trinajstić information content (AvgIpc) is 2.05. The molecule has 0 radical (unpaired) electrons. The van der Waals surface area contributed by atoms with Crippen molar-refractivity contribution in [2.75, 3.05) is 0 Å². The van der Waals surface area contributed by atoms with Crippen LogP contribution in [0.4, 0.5) is 8.78 Å². The minimum atomic E-state index is -3.08. The maximum absolute atomic E-state index is 11.5. The van der Waals surface area contributed by atoms with Crippen LogP contribution in [0.5, 0.6) is 0 Å². The van der Waals surface area contributed by atoms with E-state index >= 15 is 0 Å². The Morgan fingerprint density at radius 1 is 1.42 bits per heavy atom. The predicted molar refractivity (Wildman–Crippen MR) is 35.7 cm³/mol. The van der Waals surface area contributed by atoms with Crippen molar-refractivity contribution in [2.45, 2.75) is 6.61 Å². The van der Waals surface area contributed by atoms with Gasteiger partial charge in [0.15, 0.2) is 0 Å². The number of rotatable bonds is 2. The zero-order valence-corrected chi connectivity index (χ0v) is 5.91. The van der Waals surface area contributed by atoms with Gasteiger partial charge in [0.25, 0.3) is 0 Å². The second-order valence-electron chi connectivity index (χ2n) is 1.90. The van der Waals surface area contributed by atoms with Gasteiger partial charge in [-0.25, -0.2) is 4.79 Å². The summed E-state index contributed by atoms with van der Waals surface area (Å²) in [5.74, 6) is -1.05. The lowest BCUT2D eigenvalue weighted by atomic mass is 10.3. The number of carbonyl (C=O) groups is 1. The summed E-state index contributed by atoms with van der Waals surface area (Å²) in [6, 6.07) is 2.59. The molecule has 3 nitrogen and oxygen atoms in total. The van der Waals surface area contributed by atoms with Gasteiger partial charge in [-0.15, -0.1) is 0 Å². The van der Waals surface area contributed by atoms with Gasteiger partial charge in [-0.2, -0.15) is 8.78 Å². The Morgan fingerprint density at radius 2 is 2.00 bits per heavy atom. The molecular formula is C7H5F2NO2. The van der Waals surface area contributed by atoms with Crippen LogP contribution in [0, 0.1) is 0 Å². The summed E-state index contributed by atoms with van der Waals surface area (Å²) in [7, 11) is 0. The molecule has 64 valence electrons. The third-order valence-electron chi connectivity index (χ3n) is 1.11. The minimum Gasteiger partial charge on any atom is -0.399 e. The Hall–Kier alpha value is -1.52. The third-order valence-corrected chi connectivity index (χ3v) is 1.11. The Balaban J connectivity index is 2.66. The molecule has 0 amide bonds. The molecule has 0 aromatic carbocycles. The van der Waals surface area contributed by atoms with E-state index in [0.29, 0.717) is 0 Å². The SMILES string of the molecule is O=C(OC(F)F)c1ccncc1. The predicted octanol–water partition coefficient (Wildman–Crippen LogP) is 1.46. The first-order valence-electron chi connectivity index (χ1n) is 3.09. The van der Waals surface area contributed by atoms with Crippen molar-refractivity contribution >= 4 is 5.97 Å². The Bertz CT molecular complexity index is 263. The number of pyridine rings is 1. The summed E-state index contributed by atoms with van der Waals surface area (Å²) >= 11 is 0. The van der Waals surface area contributed by atoms with E-state index in [2.05, 4.69) is 9.72 Å². The van der Waals surface area contributed by atoms with E-state index in [1.54, 1.807) is 0 Å². The number of halogens is 2. The molecule has 0 bridgehead atoms. The van der Waals surface area contributed by atoms with Crippen molar-refractivity contribution in [1.29, 1.82) is 0 Å². The van der Waals surface area contributed by atoms with Gasteiger partial charge in [0.2, 0.25) is 0 Å². The van der Waals surface area contributed by atoms with Crippen molar-refractivity contribution in [1.82, 2.24) is 4.98 Å². The number of esters is 1. The van der Waals surface area contributed by atoms with E-state index in [9.17, 15) is 13.6 Å². The van der Waals surface area contributed by atoms with Gasteiger partial charge in [-0.05, 0) is 12.1 Å². The summed E-state index contributed by atoms with van der Waals surface area (Å²) in [6.07, 6.45) is 2.64. The van der Waals surface area contributed by atoms with Crippen LogP contribution < -0.4 is 0 Å². The van der Waals surface area contributed by atoms with Gasteiger partial charge in [0.1, 0.15) is 0 Å². The van der Waals surface area contributed by atoms with Crippen molar-refractivity contribution in [3.8, 4) is 0 Å². The van der Waals surface area contributed by atoms with E-state index in [-0.39, 0.29) is 5.56 Å². The molecule has 0 N–H and O–H groups in total. The quantitative estimate of drug-likeness (QED) is 0.635. The number of ether oxygens (including phenoxy) is 1. The molecule has 1 rings (SSSR count). The van der Waals surface area contributed by atoms with Crippen LogP contribution >= 0.6 is 0 Å². The maximum Gasteiger partial charge on any atom is 0.389 e. The molecule has 0 aliphatic carbocycles. The summed E-state index contributed by atoms with van der Waals surface area (Å²) < 4.78 is 26.7. The van der Waals surface area contributed by atoms with Gasteiger partial charge in [-0.3, -0.25) is 4.98 Å². The number of nitrogens with zero attached hydrogens (tertiary/aromatic N) is 1. The Kier molecular flexibility index (Phi) is 2.68. The smallest absolute Gasteiger partial charge is 0.389 e. The second-order valence-corrected chi connectivity index (χ2v) is 1.90. The highest BCUT2D eigenvalue weighted by Gasteiger charge is 2.11. The van der Waals surface area contributed by atoms with E-state index in [0.717, 1.165) is 0 Å². The first-order chi connectivity index (χ1) is 5.70. The molecule has 0 aliphatic heterocycles. The Morgan fingerprint density at radius 3 is 2.50 bits per heavy atom. The largest absolute Gasteiger partial charge is 0.399 e. The molecule has 1 heterocycles. The number of aromatic nitrogens is 1. The first kappa shape index (κ1) is 8.58. The number of alkyl halides is 2. The van der Waals surface area contributed by atoms with Gasteiger partial charge in [-0.1, -0.05) is 0 Å². The molecular weight excluding hydrogens is 168 g/mol. The normalized spacial score (nSPS) is 9.92. The molecule has 0 aliphatic rings. The van der Waals surface area contributed by atoms with Gasteiger partial charge < -0.3 is 4.74 Å². The number of carbonyl (C=O) groups excluding carboxylic acids is 1. The van der Waals surface area contributed by atoms with E-state index < -0.39 is 12.6 Å². The van der Waals surface area contributed by atoms with Crippen LogP contribution in [-0.4, -0.2) is 17.6 Å². The lowest BCUT2D eigenvalue weighted by molar-refractivity contribution is -0.0906. The fourth-order valence-corrected chi connectivity index (χ4v) is 0.637. The van der Waals surface area contributed by atoms with Crippen LogP contribution in [-0.2, 0) is 4.74 Å². The van der Waals surface area contributed by atoms with Crippen molar-refractivity contribution in [3.63, 3.8) is 0 Å². The van der Waals surface area contributed by atoms with Crippen LogP contribution in [0.3, 0.4) is 0 Å². The fourth-order valence-electron chi connectivity index (χ4n) is 0.637. The molecule has 0 spiro atoms. The van der Waals surface area contributed by atoms with Crippen LogP contribution in [0.25, 0.3) is 0 Å². The molecule has 12 heavy (non-hydrogen) atoms. The van der Waals surface area contributed by atoms with E-state index in [1.807, 2.05) is 0 Å². The highest BCUT2D eigenvalue weighted by Crippen LogP contribution is 2.03. The van der Waals surface area contributed by atoms with Crippen LogP contribution in [0.15, 0.2) is 24.5 Å². The number of hydrogen-bond acceptors (Lipinski definition) is 3. The zero-order chi connectivity index (χ0) is 8.97. The molecule has 0 saturated heterocycles. The lowest BCUT2D eigenvalue weighted by Gasteiger charge is -2.00. The first-order valence-corrected chi connectivity index (χ1v) is 3.09. The molecule has 1 aromatic heterocycles. The highest BCUT2D eigenvalue weighted by atomic mass is 19.3. The number of hydrogen-bond donors (Lipinski definition) is 0. The summed E-state index contributed by atoms with van der Waals surface area (Å²) in [5, 5.41) is 0. The average molecular weight is 173 g/mol. The summed E-state index contributed by atoms with van der Waals surface area (Å²) in [5.41, 5.74) is 0.0605. The van der Waals surface area contributed by atoms with Crippen molar-refractivity contribution < 1.29 is 18.3 Å². The maximum atomic E-state index is 11.5. The molecule has 0 unspecified atom stereocenters. The van der Waals surface area contributed by atoms with Crippen molar-refractivity contribution in [2.24, 2.45) is 0 Å². The van der Waals surface area contributed by atoms with Crippen molar-refractivity contribution in [3.05, 3.63) is 30.1 Å². The molecule has 1 aromatic rings. The molecule has 0 atom stereocenters. The van der Waals surface area contributed by atoms with Gasteiger partial charge in [0.05, 0.1) is 5.56 Å². The molecule has 0 fully saturated rings. The summed E-state index contributed by atoms with van der Waals surface area (Å²) in [6.45, 7) is -3.08. The molecule has 0 saturated carbocycles. The highest BCUT2D eigenvalue weighted by molar-refractivity contribution is 5.89. The van der Waals surface area contributed by atoms with E-state index in [4.69, 9.17) is 0 Å². The fraction of sp³-hybridized carbons (Fsp3) is 0.143. The standard InChI is InChI=1S/C7H5F2NO2/c8-7(9)12-6(11)5-1-3-10-4-2-5/h1-4,7H. The topological polar surface area (TPSA) is 39.2 Å². The monoisotopic (exact) mass is 173 g/mol. The second kappa shape index (κ2) is 3.75. The van der Waals surface area contributed by atoms with Gasteiger partial charge >= 0.3 is 12.6 Å². The summed E-state index contributed by atoms with van der Waals surface area (Å²) in [4.78, 5) is 14.3. The van der Waals surface area contributed by atoms with Crippen LogP contribution in [0.1, 0.15) is 10.4 Å². The molecule has 5 heteroatoms. The zero-order valence-electron chi connectivity index (χ0n) is 5.91. The Labute approximate surface area is 67.0 Å². The van der Waals surface area contributed by atoms with Gasteiger partial charge in [0, 0.05) is 12.4 Å². The minimum absolute atomic E-state index is 0.0605. The van der Waals surface area contributed by atoms with Crippen LogP contribution in [0.2, 0.25) is 0 Å². The third kappa shape index (κ3) is 2.26.